The second-order valence-corrected chi connectivity index (χ2v) is 8.41. The number of para-hydroxylation sites is 1. The number of rotatable bonds is 7. The first-order chi connectivity index (χ1) is 16.7. The summed E-state index contributed by atoms with van der Waals surface area (Å²) >= 11 is 1.47. The summed E-state index contributed by atoms with van der Waals surface area (Å²) in [5.74, 6) is 0.679. The maximum atomic E-state index is 11.1. The summed E-state index contributed by atoms with van der Waals surface area (Å²) in [6.07, 6.45) is 2.41. The van der Waals surface area contributed by atoms with Gasteiger partial charge in [0.1, 0.15) is 11.3 Å². The maximum Gasteiger partial charge on any atom is 0.270 e. The van der Waals surface area contributed by atoms with E-state index >= 15 is 0 Å². The summed E-state index contributed by atoms with van der Waals surface area (Å²) < 4.78 is 7.79. The van der Waals surface area contributed by atoms with Gasteiger partial charge in [0.2, 0.25) is 4.80 Å². The van der Waals surface area contributed by atoms with E-state index in [1.807, 2.05) is 53.9 Å². The lowest BCUT2D eigenvalue weighted by Crippen LogP contribution is -2.13. The molecule has 0 radical (unpaired) electrons. The Labute approximate surface area is 199 Å². The van der Waals surface area contributed by atoms with E-state index in [1.54, 1.807) is 23.0 Å². The van der Waals surface area contributed by atoms with E-state index < -0.39 is 4.92 Å². The third-order valence-electron chi connectivity index (χ3n) is 5.26. The molecule has 0 atom stereocenters. The molecule has 0 spiro atoms. The summed E-state index contributed by atoms with van der Waals surface area (Å²) in [5.41, 5.74) is 3.41. The number of fused-ring (bicyclic) bond motifs is 1. The summed E-state index contributed by atoms with van der Waals surface area (Å²) in [6, 6.07) is 26.4. The van der Waals surface area contributed by atoms with Gasteiger partial charge in [0.05, 0.1) is 11.1 Å². The van der Waals surface area contributed by atoms with Crippen LogP contribution in [0.3, 0.4) is 0 Å². The van der Waals surface area contributed by atoms with Crippen LogP contribution in [0.5, 0.6) is 0 Å². The Hall–Kier alpha value is -4.30. The summed E-state index contributed by atoms with van der Waals surface area (Å²) in [7, 11) is 0. The van der Waals surface area contributed by atoms with Crippen LogP contribution in [0.15, 0.2) is 105 Å². The molecule has 168 valence electrons. The molecule has 34 heavy (non-hydrogen) atoms. The zero-order valence-corrected chi connectivity index (χ0v) is 18.9. The van der Waals surface area contributed by atoms with Gasteiger partial charge < -0.3 is 4.42 Å². The van der Waals surface area contributed by atoms with Gasteiger partial charge >= 0.3 is 0 Å². The molecule has 0 N–H and O–H groups in total. The molecule has 0 bridgehead atoms. The fourth-order valence-electron chi connectivity index (χ4n) is 3.57. The highest BCUT2D eigenvalue weighted by Gasteiger charge is 2.13. The van der Waals surface area contributed by atoms with Gasteiger partial charge in [0, 0.05) is 35.0 Å². The first-order valence-electron chi connectivity index (χ1n) is 10.7. The number of thiazole rings is 1. The number of benzene rings is 3. The van der Waals surface area contributed by atoms with Crippen LogP contribution in [0.25, 0.3) is 22.4 Å². The van der Waals surface area contributed by atoms with Crippen molar-refractivity contribution >= 4 is 34.2 Å². The number of hydrogen-bond acceptors (Lipinski definition) is 6. The van der Waals surface area contributed by atoms with E-state index in [-0.39, 0.29) is 5.69 Å². The molecule has 0 saturated heterocycles. The molecule has 0 unspecified atom stereocenters. The van der Waals surface area contributed by atoms with Gasteiger partial charge in [-0.05, 0) is 24.1 Å². The minimum atomic E-state index is -0.417. The molecule has 3 aromatic carbocycles. The standard InChI is InChI=1S/C26H20N4O3S/c31-30(32)22-11-6-9-20(15-22)17-28-29-23(25-16-21-10-4-5-12-24(21)33-25)18-34-26(29)27-14-13-19-7-2-1-3-8-19/h1-12,15-18H,13-14H2. The summed E-state index contributed by atoms with van der Waals surface area (Å²) in [4.78, 5) is 16.2. The molecule has 2 heterocycles. The maximum absolute atomic E-state index is 11.1. The van der Waals surface area contributed by atoms with Crippen molar-refractivity contribution in [2.45, 2.75) is 6.42 Å². The van der Waals surface area contributed by atoms with Crippen LogP contribution in [-0.2, 0) is 6.42 Å². The highest BCUT2D eigenvalue weighted by Crippen LogP contribution is 2.28. The van der Waals surface area contributed by atoms with Crippen LogP contribution >= 0.6 is 11.3 Å². The van der Waals surface area contributed by atoms with E-state index in [4.69, 9.17) is 9.41 Å². The topological polar surface area (TPSA) is 85.9 Å². The number of non-ortho nitro benzene ring substituents is 1. The molecular weight excluding hydrogens is 448 g/mol. The first kappa shape index (κ1) is 21.5. The molecule has 0 saturated carbocycles. The van der Waals surface area contributed by atoms with Gasteiger partial charge in [-0.2, -0.15) is 5.10 Å². The molecule has 8 heteroatoms. The monoisotopic (exact) mass is 468 g/mol. The number of furan rings is 1. The van der Waals surface area contributed by atoms with Crippen molar-refractivity contribution in [1.82, 2.24) is 4.68 Å². The molecule has 0 aliphatic heterocycles. The van der Waals surface area contributed by atoms with E-state index in [1.165, 1.54) is 29.0 Å². The van der Waals surface area contributed by atoms with Crippen molar-refractivity contribution in [3.8, 4) is 11.5 Å². The zero-order chi connectivity index (χ0) is 23.3. The molecule has 0 aliphatic carbocycles. The Balaban J connectivity index is 1.53. The van der Waals surface area contributed by atoms with Crippen LogP contribution in [-0.4, -0.2) is 22.4 Å². The quantitative estimate of drug-likeness (QED) is 0.169. The molecular formula is C26H20N4O3S. The molecule has 0 amide bonds. The smallest absolute Gasteiger partial charge is 0.270 e. The van der Waals surface area contributed by atoms with Crippen LogP contribution in [0.4, 0.5) is 5.69 Å². The highest BCUT2D eigenvalue weighted by atomic mass is 32.1. The molecule has 0 fully saturated rings. The lowest BCUT2D eigenvalue weighted by Gasteiger charge is -2.01. The van der Waals surface area contributed by atoms with Crippen molar-refractivity contribution in [1.29, 1.82) is 0 Å². The van der Waals surface area contributed by atoms with Gasteiger partial charge in [-0.15, -0.1) is 11.3 Å². The van der Waals surface area contributed by atoms with Crippen molar-refractivity contribution in [2.75, 3.05) is 6.54 Å². The van der Waals surface area contributed by atoms with Crippen LogP contribution in [0.2, 0.25) is 0 Å². The van der Waals surface area contributed by atoms with Gasteiger partial charge in [-0.1, -0.05) is 60.7 Å². The Kier molecular flexibility index (Phi) is 6.13. The number of nitro benzene ring substituents is 1. The zero-order valence-electron chi connectivity index (χ0n) is 18.1. The van der Waals surface area contributed by atoms with Crippen LogP contribution < -0.4 is 4.80 Å². The van der Waals surface area contributed by atoms with E-state index in [0.29, 0.717) is 22.7 Å². The van der Waals surface area contributed by atoms with Gasteiger partial charge in [0.25, 0.3) is 5.69 Å². The Morgan fingerprint density at radius 1 is 1.00 bits per heavy atom. The highest BCUT2D eigenvalue weighted by molar-refractivity contribution is 7.07. The lowest BCUT2D eigenvalue weighted by molar-refractivity contribution is -0.384. The van der Waals surface area contributed by atoms with Crippen molar-refractivity contribution < 1.29 is 9.34 Å². The van der Waals surface area contributed by atoms with Crippen molar-refractivity contribution in [2.24, 2.45) is 10.1 Å². The molecule has 7 nitrogen and oxygen atoms in total. The van der Waals surface area contributed by atoms with Crippen LogP contribution in [0.1, 0.15) is 11.1 Å². The predicted molar refractivity (Wildman–Crippen MR) is 134 cm³/mol. The SMILES string of the molecule is O=[N+]([O-])c1cccc(C=Nn2c(-c3cc4ccccc4o3)csc2=NCCc2ccccc2)c1. The van der Waals surface area contributed by atoms with Crippen molar-refractivity contribution in [3.05, 3.63) is 116 Å². The normalized spacial score (nSPS) is 12.1. The van der Waals surface area contributed by atoms with Gasteiger partial charge in [-0.3, -0.25) is 15.1 Å². The third-order valence-corrected chi connectivity index (χ3v) is 6.11. The minimum Gasteiger partial charge on any atom is -0.454 e. The second-order valence-electron chi connectivity index (χ2n) is 7.58. The average Bonchev–Trinajstić information content (AvgIpc) is 3.47. The second kappa shape index (κ2) is 9.68. The predicted octanol–water partition coefficient (Wildman–Crippen LogP) is 5.90. The fraction of sp³-hybridized carbons (Fsp3) is 0.0769. The third kappa shape index (κ3) is 4.72. The fourth-order valence-corrected chi connectivity index (χ4v) is 4.41. The van der Waals surface area contributed by atoms with E-state index in [9.17, 15) is 10.1 Å². The van der Waals surface area contributed by atoms with Gasteiger partial charge in [-0.25, -0.2) is 4.68 Å². The first-order valence-corrected chi connectivity index (χ1v) is 11.6. The van der Waals surface area contributed by atoms with E-state index in [2.05, 4.69) is 17.2 Å². The molecule has 2 aromatic heterocycles. The Morgan fingerprint density at radius 3 is 2.65 bits per heavy atom. The number of nitro groups is 1. The van der Waals surface area contributed by atoms with Gasteiger partial charge in [0.15, 0.2) is 5.76 Å². The average molecular weight is 469 g/mol. The molecule has 5 aromatic rings. The molecule has 0 aliphatic rings. The minimum absolute atomic E-state index is 0.0181. The summed E-state index contributed by atoms with van der Waals surface area (Å²) in [5, 5.41) is 18.7. The number of nitrogens with zero attached hydrogens (tertiary/aromatic N) is 4. The summed E-state index contributed by atoms with van der Waals surface area (Å²) in [6.45, 7) is 0.608. The number of hydrogen-bond donors (Lipinski definition) is 0. The van der Waals surface area contributed by atoms with E-state index in [0.717, 1.165) is 23.1 Å². The Morgan fingerprint density at radius 2 is 1.82 bits per heavy atom. The lowest BCUT2D eigenvalue weighted by atomic mass is 10.2. The largest absolute Gasteiger partial charge is 0.454 e. The van der Waals surface area contributed by atoms with Crippen LogP contribution in [0, 0.1) is 10.1 Å². The molecule has 5 rings (SSSR count). The number of aromatic nitrogens is 1. The van der Waals surface area contributed by atoms with Crippen molar-refractivity contribution in [3.63, 3.8) is 0 Å². The Bertz CT molecular complexity index is 1510.